The van der Waals surface area contributed by atoms with E-state index in [-0.39, 0.29) is 28.0 Å². The number of nitrogens with zero attached hydrogens (tertiary/aromatic N) is 1. The first kappa shape index (κ1) is 17.2. The summed E-state index contributed by atoms with van der Waals surface area (Å²) in [5, 5.41) is 3.02. The van der Waals surface area contributed by atoms with E-state index in [9.17, 15) is 9.59 Å². The topological polar surface area (TPSA) is 49.4 Å². The Morgan fingerprint density at radius 3 is 2.50 bits per heavy atom. The zero-order valence-electron chi connectivity index (χ0n) is 15.1. The highest BCUT2D eigenvalue weighted by Crippen LogP contribution is 2.56. The SMILES string of the molecule is CC(NC(=O)[C@H]1N2C(=O)c3ccccc3C2SC1(C)C)c1ccccc1. The van der Waals surface area contributed by atoms with E-state index in [1.165, 1.54) is 0 Å². The molecule has 2 unspecified atom stereocenters. The molecular formula is C21H22N2O2S. The van der Waals surface area contributed by atoms with Crippen LogP contribution in [0.1, 0.15) is 53.7 Å². The quantitative estimate of drug-likeness (QED) is 0.896. The molecule has 0 spiro atoms. The number of hydrogen-bond acceptors (Lipinski definition) is 3. The first-order valence-corrected chi connectivity index (χ1v) is 9.73. The third-order valence-electron chi connectivity index (χ3n) is 5.20. The van der Waals surface area contributed by atoms with Crippen LogP contribution in [0, 0.1) is 0 Å². The van der Waals surface area contributed by atoms with Gasteiger partial charge in [0.05, 0.1) is 6.04 Å². The van der Waals surface area contributed by atoms with Crippen molar-refractivity contribution in [3.8, 4) is 0 Å². The van der Waals surface area contributed by atoms with Crippen molar-refractivity contribution >= 4 is 23.6 Å². The molecule has 5 heteroatoms. The Morgan fingerprint density at radius 2 is 1.77 bits per heavy atom. The van der Waals surface area contributed by atoms with Crippen molar-refractivity contribution in [2.24, 2.45) is 0 Å². The lowest BCUT2D eigenvalue weighted by molar-refractivity contribution is -0.126. The van der Waals surface area contributed by atoms with Gasteiger partial charge < -0.3 is 10.2 Å². The first-order valence-electron chi connectivity index (χ1n) is 8.85. The van der Waals surface area contributed by atoms with Gasteiger partial charge in [-0.25, -0.2) is 0 Å². The molecule has 2 amide bonds. The molecule has 2 aliphatic heterocycles. The molecule has 4 nitrogen and oxygen atoms in total. The second-order valence-electron chi connectivity index (χ2n) is 7.42. The molecule has 0 aromatic heterocycles. The number of amides is 2. The fraction of sp³-hybridized carbons (Fsp3) is 0.333. The van der Waals surface area contributed by atoms with E-state index in [1.807, 2.05) is 75.4 Å². The predicted molar refractivity (Wildman–Crippen MR) is 104 cm³/mol. The van der Waals surface area contributed by atoms with Gasteiger partial charge in [0.1, 0.15) is 11.4 Å². The lowest BCUT2D eigenvalue weighted by Crippen LogP contribution is -2.52. The fourth-order valence-corrected chi connectivity index (χ4v) is 5.51. The number of thioether (sulfide) groups is 1. The summed E-state index contributed by atoms with van der Waals surface area (Å²) in [6, 6.07) is 17.0. The number of carbonyl (C=O) groups is 2. The Labute approximate surface area is 158 Å². The predicted octanol–water partition coefficient (Wildman–Crippen LogP) is 3.91. The molecule has 2 heterocycles. The Bertz CT molecular complexity index is 865. The van der Waals surface area contributed by atoms with E-state index < -0.39 is 6.04 Å². The van der Waals surface area contributed by atoms with Crippen LogP contribution in [0.15, 0.2) is 54.6 Å². The zero-order valence-corrected chi connectivity index (χ0v) is 15.9. The third-order valence-corrected chi connectivity index (χ3v) is 6.74. The average Bonchev–Trinajstić information content (AvgIpc) is 3.06. The number of nitrogens with one attached hydrogen (secondary N) is 1. The highest BCUT2D eigenvalue weighted by atomic mass is 32.2. The minimum absolute atomic E-state index is 0.0452. The Morgan fingerprint density at radius 1 is 1.12 bits per heavy atom. The second kappa shape index (κ2) is 6.16. The molecular weight excluding hydrogens is 344 g/mol. The maximum absolute atomic E-state index is 13.2. The van der Waals surface area contributed by atoms with E-state index in [0.29, 0.717) is 0 Å². The summed E-state index contributed by atoms with van der Waals surface area (Å²) < 4.78 is -0.353. The van der Waals surface area contributed by atoms with Crippen molar-refractivity contribution in [3.05, 3.63) is 71.3 Å². The summed E-state index contributed by atoms with van der Waals surface area (Å²) in [4.78, 5) is 27.9. The summed E-state index contributed by atoms with van der Waals surface area (Å²) in [7, 11) is 0. The highest BCUT2D eigenvalue weighted by molar-refractivity contribution is 8.01. The maximum Gasteiger partial charge on any atom is 0.256 e. The molecule has 0 radical (unpaired) electrons. The number of rotatable bonds is 3. The normalized spacial score (nSPS) is 24.1. The van der Waals surface area contributed by atoms with Crippen molar-refractivity contribution in [2.75, 3.05) is 0 Å². The largest absolute Gasteiger partial charge is 0.348 e. The van der Waals surface area contributed by atoms with E-state index in [0.717, 1.165) is 16.7 Å². The van der Waals surface area contributed by atoms with Crippen molar-refractivity contribution in [1.82, 2.24) is 10.2 Å². The van der Waals surface area contributed by atoms with Crippen LogP contribution < -0.4 is 5.32 Å². The second-order valence-corrected chi connectivity index (χ2v) is 9.15. The number of fused-ring (bicyclic) bond motifs is 3. The third kappa shape index (κ3) is 2.62. The van der Waals surface area contributed by atoms with Crippen molar-refractivity contribution < 1.29 is 9.59 Å². The van der Waals surface area contributed by atoms with Crippen LogP contribution in [0.5, 0.6) is 0 Å². The van der Waals surface area contributed by atoms with E-state index in [4.69, 9.17) is 0 Å². The van der Waals surface area contributed by atoms with Crippen LogP contribution in [0.2, 0.25) is 0 Å². The van der Waals surface area contributed by atoms with Crippen LogP contribution >= 0.6 is 11.8 Å². The molecule has 0 aliphatic carbocycles. The molecule has 1 N–H and O–H groups in total. The Kier molecular flexibility index (Phi) is 4.07. The van der Waals surface area contributed by atoms with E-state index >= 15 is 0 Å². The Balaban J connectivity index is 1.62. The van der Waals surface area contributed by atoms with Gasteiger partial charge in [0.25, 0.3) is 5.91 Å². The molecule has 4 rings (SSSR count). The lowest BCUT2D eigenvalue weighted by Gasteiger charge is -2.30. The van der Waals surface area contributed by atoms with Crippen LogP contribution in [-0.4, -0.2) is 27.5 Å². The van der Waals surface area contributed by atoms with Crippen LogP contribution in [0.25, 0.3) is 0 Å². The van der Waals surface area contributed by atoms with Gasteiger partial charge in [-0.05, 0) is 38.0 Å². The monoisotopic (exact) mass is 366 g/mol. The van der Waals surface area contributed by atoms with E-state index in [2.05, 4.69) is 5.32 Å². The highest BCUT2D eigenvalue weighted by Gasteiger charge is 2.57. The van der Waals surface area contributed by atoms with Crippen LogP contribution in [0.4, 0.5) is 0 Å². The van der Waals surface area contributed by atoms with Gasteiger partial charge in [0.15, 0.2) is 0 Å². The molecule has 3 atom stereocenters. The van der Waals surface area contributed by atoms with E-state index in [1.54, 1.807) is 16.7 Å². The van der Waals surface area contributed by atoms with Gasteiger partial charge >= 0.3 is 0 Å². The summed E-state index contributed by atoms with van der Waals surface area (Å²) in [6.45, 7) is 6.06. The number of carbonyl (C=O) groups excluding carboxylic acids is 2. The van der Waals surface area contributed by atoms with Crippen molar-refractivity contribution in [2.45, 2.75) is 43.0 Å². The summed E-state index contributed by atoms with van der Waals surface area (Å²) in [5.41, 5.74) is 2.79. The minimum atomic E-state index is -0.497. The zero-order chi connectivity index (χ0) is 18.5. The molecule has 2 aliphatic rings. The molecule has 1 fully saturated rings. The molecule has 26 heavy (non-hydrogen) atoms. The first-order chi connectivity index (χ1) is 12.4. The molecule has 134 valence electrons. The lowest BCUT2D eigenvalue weighted by atomic mass is 9.99. The van der Waals surface area contributed by atoms with Gasteiger partial charge in [-0.3, -0.25) is 9.59 Å². The minimum Gasteiger partial charge on any atom is -0.348 e. The summed E-state index contributed by atoms with van der Waals surface area (Å²) in [6.07, 6.45) is 0. The standard InChI is InChI=1S/C21H22N2O2S/c1-13(14-9-5-4-6-10-14)22-18(24)17-21(2,3)26-20-16-12-8-7-11-15(16)19(25)23(17)20/h4-13,17,20H,1-3H3,(H,22,24)/t13?,17-,20?/m1/s1. The fourth-order valence-electron chi connectivity index (χ4n) is 3.92. The maximum atomic E-state index is 13.2. The van der Waals surface area contributed by atoms with Gasteiger partial charge in [-0.2, -0.15) is 0 Å². The number of benzene rings is 2. The van der Waals surface area contributed by atoms with Gasteiger partial charge in [0.2, 0.25) is 5.91 Å². The Hall–Kier alpha value is -2.27. The van der Waals surface area contributed by atoms with Gasteiger partial charge in [-0.15, -0.1) is 11.8 Å². The summed E-state index contributed by atoms with van der Waals surface area (Å²) in [5.74, 6) is -0.140. The molecule has 2 aromatic carbocycles. The van der Waals surface area contributed by atoms with Crippen molar-refractivity contribution in [1.29, 1.82) is 0 Å². The van der Waals surface area contributed by atoms with Crippen LogP contribution in [0.3, 0.4) is 0 Å². The van der Waals surface area contributed by atoms with Crippen molar-refractivity contribution in [3.63, 3.8) is 0 Å². The molecule has 1 saturated heterocycles. The smallest absolute Gasteiger partial charge is 0.256 e. The molecule has 2 aromatic rings. The summed E-state index contributed by atoms with van der Waals surface area (Å²) >= 11 is 1.69. The van der Waals surface area contributed by atoms with Gasteiger partial charge in [0, 0.05) is 10.3 Å². The van der Waals surface area contributed by atoms with Crippen LogP contribution in [-0.2, 0) is 4.79 Å². The average molecular weight is 366 g/mol. The molecule has 0 bridgehead atoms. The van der Waals surface area contributed by atoms with Gasteiger partial charge in [-0.1, -0.05) is 48.5 Å². The molecule has 0 saturated carbocycles. The number of hydrogen-bond donors (Lipinski definition) is 1.